The largest absolute Gasteiger partial charge is 0.472 e. The number of carbonyl (C=O) groups is 4. The van der Waals surface area contributed by atoms with Gasteiger partial charge in [-0.1, -0.05) is 395 Å². The Hall–Kier alpha value is -1.94. The van der Waals surface area contributed by atoms with Crippen LogP contribution in [0.2, 0.25) is 0 Å². The summed E-state index contributed by atoms with van der Waals surface area (Å²) in [6.07, 6.45) is 66.5. The number of phosphoric acid groups is 2. The Morgan fingerprint density at radius 3 is 0.660 bits per heavy atom. The van der Waals surface area contributed by atoms with Gasteiger partial charge in [0, 0.05) is 25.7 Å². The molecule has 0 aromatic heterocycles. The summed E-state index contributed by atoms with van der Waals surface area (Å²) in [7, 11) is -9.92. The number of unbranched alkanes of at least 4 members (excludes halogenated alkanes) is 53. The standard InChI is InChI=1S/C84H164O17P2/c1-7-9-11-13-15-17-19-20-24-32-38-44-50-56-62-68-83(88)100-79(72-94-81(86)66-60-54-48-42-34-18-16-14-12-10-8-2)74-98-102(90,91)96-70-78(85)71-97-103(92,93)99-75-80(73-95-82(87)67-61-55-49-43-37-31-28-23-26-30-36-41-47-53-59-65-77(5)6)101-84(89)69-63-57-51-45-39-33-27-22-21-25-29-35-40-46-52-58-64-76(3)4/h76-80,85H,7-75H2,1-6H3,(H,90,91)(H,92,93)/t78-,79+,80+/m0/s1. The van der Waals surface area contributed by atoms with E-state index in [9.17, 15) is 43.2 Å². The van der Waals surface area contributed by atoms with Gasteiger partial charge in [0.15, 0.2) is 12.2 Å². The summed E-state index contributed by atoms with van der Waals surface area (Å²) in [4.78, 5) is 73.2. The minimum atomic E-state index is -4.96. The van der Waals surface area contributed by atoms with Crippen LogP contribution in [0.3, 0.4) is 0 Å². The van der Waals surface area contributed by atoms with E-state index in [4.69, 9.17) is 37.0 Å². The fourth-order valence-electron chi connectivity index (χ4n) is 13.1. The zero-order valence-corrected chi connectivity index (χ0v) is 69.4. The number of phosphoric ester groups is 2. The summed E-state index contributed by atoms with van der Waals surface area (Å²) in [5, 5.41) is 10.7. The Morgan fingerprint density at radius 2 is 0.447 bits per heavy atom. The van der Waals surface area contributed by atoms with E-state index < -0.39 is 97.5 Å². The van der Waals surface area contributed by atoms with Crippen LogP contribution >= 0.6 is 15.6 Å². The Labute approximate surface area is 632 Å². The Morgan fingerprint density at radius 1 is 0.262 bits per heavy atom. The molecule has 19 heteroatoms. The maximum absolute atomic E-state index is 13.1. The van der Waals surface area contributed by atoms with Crippen molar-refractivity contribution in [3.05, 3.63) is 0 Å². The van der Waals surface area contributed by atoms with Crippen LogP contribution in [0.15, 0.2) is 0 Å². The van der Waals surface area contributed by atoms with E-state index in [1.807, 2.05) is 0 Å². The highest BCUT2D eigenvalue weighted by molar-refractivity contribution is 7.47. The van der Waals surface area contributed by atoms with Gasteiger partial charge in [0.05, 0.1) is 26.4 Å². The average Bonchev–Trinajstić information content (AvgIpc) is 0.922. The van der Waals surface area contributed by atoms with Gasteiger partial charge in [-0.3, -0.25) is 37.3 Å². The van der Waals surface area contributed by atoms with Crippen molar-refractivity contribution in [2.75, 3.05) is 39.6 Å². The topological polar surface area (TPSA) is 237 Å². The highest BCUT2D eigenvalue weighted by Gasteiger charge is 2.30. The van der Waals surface area contributed by atoms with Crippen molar-refractivity contribution in [3.63, 3.8) is 0 Å². The summed E-state index contributed by atoms with van der Waals surface area (Å²) in [5.74, 6) is -0.486. The summed E-state index contributed by atoms with van der Waals surface area (Å²) in [6, 6.07) is 0. The number of aliphatic hydroxyl groups excluding tert-OH is 1. The molecule has 0 aromatic rings. The molecule has 612 valence electrons. The molecular weight excluding hydrogens is 1340 g/mol. The maximum atomic E-state index is 13.1. The minimum absolute atomic E-state index is 0.109. The normalized spacial score (nSPS) is 13.9. The predicted octanol–water partition coefficient (Wildman–Crippen LogP) is 25.5. The second-order valence-corrected chi connectivity index (χ2v) is 34.1. The molecule has 0 aliphatic rings. The number of rotatable bonds is 83. The third kappa shape index (κ3) is 78.0. The molecule has 5 atom stereocenters. The second kappa shape index (κ2) is 75.5. The van der Waals surface area contributed by atoms with Crippen LogP contribution in [-0.4, -0.2) is 96.7 Å². The van der Waals surface area contributed by atoms with Gasteiger partial charge in [0.2, 0.25) is 0 Å². The van der Waals surface area contributed by atoms with Crippen LogP contribution in [0, 0.1) is 11.8 Å². The lowest BCUT2D eigenvalue weighted by molar-refractivity contribution is -0.161. The molecule has 0 radical (unpaired) electrons. The number of hydrogen-bond acceptors (Lipinski definition) is 15. The summed E-state index contributed by atoms with van der Waals surface area (Å²) in [6.45, 7) is 9.72. The third-order valence-corrected chi connectivity index (χ3v) is 21.6. The van der Waals surface area contributed by atoms with Crippen LogP contribution in [0.25, 0.3) is 0 Å². The van der Waals surface area contributed by atoms with E-state index in [2.05, 4.69) is 41.5 Å². The van der Waals surface area contributed by atoms with Crippen molar-refractivity contribution in [1.29, 1.82) is 0 Å². The molecule has 0 rings (SSSR count). The van der Waals surface area contributed by atoms with Crippen LogP contribution in [0.5, 0.6) is 0 Å². The molecular formula is C84H164O17P2. The number of aliphatic hydroxyl groups is 1. The van der Waals surface area contributed by atoms with E-state index in [1.165, 1.54) is 263 Å². The third-order valence-electron chi connectivity index (χ3n) is 19.7. The van der Waals surface area contributed by atoms with Crippen LogP contribution in [0.4, 0.5) is 0 Å². The smallest absolute Gasteiger partial charge is 0.462 e. The zero-order chi connectivity index (χ0) is 75.6. The van der Waals surface area contributed by atoms with Gasteiger partial charge in [-0.15, -0.1) is 0 Å². The first kappa shape index (κ1) is 101. The second-order valence-electron chi connectivity index (χ2n) is 31.2. The monoisotopic (exact) mass is 1510 g/mol. The minimum Gasteiger partial charge on any atom is -0.462 e. The van der Waals surface area contributed by atoms with Gasteiger partial charge in [0.25, 0.3) is 0 Å². The molecule has 3 N–H and O–H groups in total. The van der Waals surface area contributed by atoms with Crippen molar-refractivity contribution in [1.82, 2.24) is 0 Å². The predicted molar refractivity (Wildman–Crippen MR) is 423 cm³/mol. The van der Waals surface area contributed by atoms with Crippen LogP contribution < -0.4 is 0 Å². The molecule has 0 heterocycles. The van der Waals surface area contributed by atoms with Crippen molar-refractivity contribution in [3.8, 4) is 0 Å². The van der Waals surface area contributed by atoms with Crippen molar-refractivity contribution in [2.45, 2.75) is 464 Å². The molecule has 0 saturated carbocycles. The molecule has 0 aromatic carbocycles. The van der Waals surface area contributed by atoms with Crippen LogP contribution in [-0.2, 0) is 65.4 Å². The van der Waals surface area contributed by atoms with Gasteiger partial charge >= 0.3 is 39.5 Å². The molecule has 0 fully saturated rings. The zero-order valence-electron chi connectivity index (χ0n) is 67.6. The first-order valence-corrected chi connectivity index (χ1v) is 46.5. The van der Waals surface area contributed by atoms with Crippen molar-refractivity contribution < 1.29 is 80.2 Å². The van der Waals surface area contributed by atoms with Crippen molar-refractivity contribution in [2.24, 2.45) is 11.8 Å². The lowest BCUT2D eigenvalue weighted by atomic mass is 10.0. The van der Waals surface area contributed by atoms with Crippen molar-refractivity contribution >= 4 is 39.5 Å². The fraction of sp³-hybridized carbons (Fsp3) is 0.952. The molecule has 17 nitrogen and oxygen atoms in total. The van der Waals surface area contributed by atoms with E-state index in [-0.39, 0.29) is 25.7 Å². The molecule has 0 saturated heterocycles. The summed E-state index contributed by atoms with van der Waals surface area (Å²) >= 11 is 0. The molecule has 0 spiro atoms. The highest BCUT2D eigenvalue weighted by Crippen LogP contribution is 2.45. The fourth-order valence-corrected chi connectivity index (χ4v) is 14.6. The number of hydrogen-bond donors (Lipinski definition) is 3. The highest BCUT2D eigenvalue weighted by atomic mass is 31.2. The average molecular weight is 1510 g/mol. The molecule has 2 unspecified atom stereocenters. The Bertz CT molecular complexity index is 1980. The molecule has 0 aliphatic heterocycles. The SMILES string of the molecule is CCCCCCCCCCCCCCCCCC(=O)O[C@H](COC(=O)CCCCCCCCCCCCC)COP(=O)(O)OC[C@H](O)COP(=O)(O)OC[C@@H](COC(=O)CCCCCCCCCCCCCCCCCC(C)C)OC(=O)CCCCCCCCCCCCCCCCCCC(C)C. The van der Waals surface area contributed by atoms with E-state index in [0.29, 0.717) is 25.7 Å². The summed E-state index contributed by atoms with van der Waals surface area (Å²) < 4.78 is 68.8. The molecule has 0 aliphatic carbocycles. The molecule has 103 heavy (non-hydrogen) atoms. The van der Waals surface area contributed by atoms with E-state index in [1.54, 1.807) is 0 Å². The lowest BCUT2D eigenvalue weighted by Gasteiger charge is -2.21. The lowest BCUT2D eigenvalue weighted by Crippen LogP contribution is -2.30. The Kier molecular flexibility index (Phi) is 74.1. The van der Waals surface area contributed by atoms with Crippen LogP contribution in [0.1, 0.15) is 446 Å². The van der Waals surface area contributed by atoms with Gasteiger partial charge in [-0.25, -0.2) is 9.13 Å². The summed E-state index contributed by atoms with van der Waals surface area (Å²) in [5.41, 5.74) is 0. The van der Waals surface area contributed by atoms with Gasteiger partial charge in [-0.05, 0) is 37.5 Å². The maximum Gasteiger partial charge on any atom is 0.472 e. The number of ether oxygens (including phenoxy) is 4. The molecule has 0 amide bonds. The van der Waals surface area contributed by atoms with Gasteiger partial charge in [-0.2, -0.15) is 0 Å². The number of esters is 4. The number of carbonyl (C=O) groups excluding carboxylic acids is 4. The first-order chi connectivity index (χ1) is 49.9. The van der Waals surface area contributed by atoms with Gasteiger partial charge in [0.1, 0.15) is 19.3 Å². The van der Waals surface area contributed by atoms with E-state index in [0.717, 1.165) is 102 Å². The van der Waals surface area contributed by atoms with E-state index >= 15 is 0 Å². The Balaban J connectivity index is 5.25. The first-order valence-electron chi connectivity index (χ1n) is 43.5. The molecule has 0 bridgehead atoms. The van der Waals surface area contributed by atoms with Gasteiger partial charge < -0.3 is 33.8 Å². The quantitative estimate of drug-likeness (QED) is 0.0222.